The fraction of sp³-hybridized carbons (Fsp3) is 0.250. The molecule has 0 atom stereocenters. The predicted octanol–water partition coefficient (Wildman–Crippen LogP) is 3.19. The van der Waals surface area contributed by atoms with Crippen LogP contribution in [0.2, 0.25) is 0 Å². The van der Waals surface area contributed by atoms with Crippen molar-refractivity contribution in [2.24, 2.45) is 0 Å². The smallest absolute Gasteiger partial charge is 0.298 e. The van der Waals surface area contributed by atoms with Crippen LogP contribution in [0.3, 0.4) is 0 Å². The number of thiol groups is 1. The van der Waals surface area contributed by atoms with E-state index in [-0.39, 0.29) is 17.4 Å². The second-order valence-electron chi connectivity index (χ2n) is 3.19. The molecule has 1 rings (SSSR count). The Morgan fingerprint density at radius 2 is 2.06 bits per heavy atom. The van der Waals surface area contributed by atoms with Crippen LogP contribution >= 0.6 is 12.6 Å². The lowest BCUT2D eigenvalue weighted by molar-refractivity contribution is -0.137. The van der Waals surface area contributed by atoms with Crippen LogP contribution in [0.5, 0.6) is 0 Å². The van der Waals surface area contributed by atoms with E-state index >= 15 is 0 Å². The molecule has 17 heavy (non-hydrogen) atoms. The first-order valence-electron chi connectivity index (χ1n) is 4.75. The molecular weight excluding hydrogens is 249 g/mol. The Bertz CT molecular complexity index is 469. The first-order chi connectivity index (χ1) is 7.99. The highest BCUT2D eigenvalue weighted by Crippen LogP contribution is 2.31. The van der Waals surface area contributed by atoms with Crippen molar-refractivity contribution in [2.75, 3.05) is 5.75 Å². The fourth-order valence-corrected chi connectivity index (χ4v) is 1.31. The fourth-order valence-electron chi connectivity index (χ4n) is 1.20. The Kier molecular flexibility index (Phi) is 4.64. The van der Waals surface area contributed by atoms with E-state index in [2.05, 4.69) is 24.5 Å². The molecular formula is C12H9F3OS. The number of alkyl halides is 3. The van der Waals surface area contributed by atoms with Crippen molar-refractivity contribution < 1.29 is 18.0 Å². The summed E-state index contributed by atoms with van der Waals surface area (Å²) >= 11 is 3.94. The monoisotopic (exact) mass is 258 g/mol. The summed E-state index contributed by atoms with van der Waals surface area (Å²) in [6.45, 7) is 0. The molecule has 0 unspecified atom stereocenters. The van der Waals surface area contributed by atoms with Gasteiger partial charge in [-0.25, -0.2) is 0 Å². The highest BCUT2D eigenvalue weighted by molar-refractivity contribution is 7.80. The highest BCUT2D eigenvalue weighted by atomic mass is 32.1. The lowest BCUT2D eigenvalue weighted by atomic mass is 10.0. The molecule has 0 heterocycles. The molecule has 0 saturated carbocycles. The second-order valence-corrected chi connectivity index (χ2v) is 3.64. The van der Waals surface area contributed by atoms with Crippen molar-refractivity contribution in [3.8, 4) is 11.8 Å². The molecule has 0 bridgehead atoms. The van der Waals surface area contributed by atoms with Crippen molar-refractivity contribution in [3.05, 3.63) is 34.9 Å². The maximum atomic E-state index is 12.6. The first kappa shape index (κ1) is 13.7. The number of benzene rings is 1. The maximum absolute atomic E-state index is 12.6. The van der Waals surface area contributed by atoms with E-state index in [1.807, 2.05) is 0 Å². The van der Waals surface area contributed by atoms with E-state index in [1.54, 1.807) is 0 Å². The van der Waals surface area contributed by atoms with Crippen LogP contribution in [0.1, 0.15) is 27.9 Å². The third-order valence-electron chi connectivity index (χ3n) is 1.96. The number of halogens is 3. The molecule has 5 heteroatoms. The molecule has 0 saturated heterocycles. The summed E-state index contributed by atoms with van der Waals surface area (Å²) in [6.07, 6.45) is -3.86. The average Bonchev–Trinajstić information content (AvgIpc) is 2.28. The van der Waals surface area contributed by atoms with Crippen LogP contribution in [0.4, 0.5) is 13.2 Å². The van der Waals surface area contributed by atoms with Gasteiger partial charge >= 0.3 is 6.18 Å². The minimum Gasteiger partial charge on any atom is -0.298 e. The van der Waals surface area contributed by atoms with E-state index in [9.17, 15) is 18.0 Å². The number of hydrogen-bond donors (Lipinski definition) is 1. The number of aldehydes is 1. The largest absolute Gasteiger partial charge is 0.417 e. The number of hydrogen-bond acceptors (Lipinski definition) is 2. The normalized spacial score (nSPS) is 10.6. The molecule has 90 valence electrons. The Morgan fingerprint density at radius 3 is 2.59 bits per heavy atom. The summed E-state index contributed by atoms with van der Waals surface area (Å²) in [5.74, 6) is 5.83. The van der Waals surface area contributed by atoms with E-state index in [1.165, 1.54) is 6.07 Å². The van der Waals surface area contributed by atoms with Crippen LogP contribution in [-0.4, -0.2) is 12.0 Å². The minimum absolute atomic E-state index is 0.188. The third kappa shape index (κ3) is 3.82. The molecule has 1 aromatic rings. The number of carbonyl (C=O) groups is 1. The van der Waals surface area contributed by atoms with E-state index in [0.717, 1.165) is 12.1 Å². The van der Waals surface area contributed by atoms with Crippen LogP contribution < -0.4 is 0 Å². The Morgan fingerprint density at radius 1 is 1.35 bits per heavy atom. The van der Waals surface area contributed by atoms with E-state index < -0.39 is 11.7 Å². The Balaban J connectivity index is 3.15. The van der Waals surface area contributed by atoms with E-state index in [0.29, 0.717) is 12.2 Å². The summed E-state index contributed by atoms with van der Waals surface area (Å²) in [7, 11) is 0. The van der Waals surface area contributed by atoms with Gasteiger partial charge in [-0.1, -0.05) is 11.8 Å². The lowest BCUT2D eigenvalue weighted by Crippen LogP contribution is -2.09. The zero-order valence-electron chi connectivity index (χ0n) is 8.71. The Hall–Kier alpha value is -1.41. The van der Waals surface area contributed by atoms with Crippen molar-refractivity contribution in [2.45, 2.75) is 12.6 Å². The van der Waals surface area contributed by atoms with Crippen LogP contribution in [0.25, 0.3) is 0 Å². The zero-order chi connectivity index (χ0) is 12.9. The molecule has 0 N–H and O–H groups in total. The first-order valence-corrected chi connectivity index (χ1v) is 5.38. The van der Waals surface area contributed by atoms with Crippen molar-refractivity contribution in [1.82, 2.24) is 0 Å². The van der Waals surface area contributed by atoms with Crippen molar-refractivity contribution in [1.29, 1.82) is 0 Å². The van der Waals surface area contributed by atoms with Gasteiger partial charge in [0.2, 0.25) is 0 Å². The average molecular weight is 258 g/mol. The predicted molar refractivity (Wildman–Crippen MR) is 62.2 cm³/mol. The van der Waals surface area contributed by atoms with Gasteiger partial charge in [0.25, 0.3) is 0 Å². The van der Waals surface area contributed by atoms with Gasteiger partial charge in [0.05, 0.1) is 5.56 Å². The van der Waals surface area contributed by atoms with E-state index in [4.69, 9.17) is 0 Å². The summed E-state index contributed by atoms with van der Waals surface area (Å²) < 4.78 is 37.8. The SMILES string of the molecule is O=Cc1ccc(C#CCCS)cc1C(F)(F)F. The lowest BCUT2D eigenvalue weighted by Gasteiger charge is -2.09. The maximum Gasteiger partial charge on any atom is 0.417 e. The molecule has 1 nitrogen and oxygen atoms in total. The highest BCUT2D eigenvalue weighted by Gasteiger charge is 2.33. The molecule has 0 radical (unpaired) electrons. The molecule has 0 aliphatic carbocycles. The molecule has 0 spiro atoms. The summed E-state index contributed by atoms with van der Waals surface area (Å²) in [5.41, 5.74) is -1.09. The topological polar surface area (TPSA) is 17.1 Å². The van der Waals surface area contributed by atoms with Gasteiger partial charge in [-0.15, -0.1) is 0 Å². The van der Waals surface area contributed by atoms with Crippen LogP contribution in [0.15, 0.2) is 18.2 Å². The third-order valence-corrected chi connectivity index (χ3v) is 2.18. The van der Waals surface area contributed by atoms with Gasteiger partial charge in [-0.2, -0.15) is 25.8 Å². The van der Waals surface area contributed by atoms with Crippen molar-refractivity contribution in [3.63, 3.8) is 0 Å². The Labute approximate surface area is 102 Å². The molecule has 0 fully saturated rings. The van der Waals surface area contributed by atoms with Gasteiger partial charge in [-0.05, 0) is 18.2 Å². The van der Waals surface area contributed by atoms with Gasteiger partial charge in [0, 0.05) is 23.3 Å². The summed E-state index contributed by atoms with van der Waals surface area (Å²) in [5, 5.41) is 0. The van der Waals surface area contributed by atoms with Crippen LogP contribution in [0, 0.1) is 11.8 Å². The van der Waals surface area contributed by atoms with Crippen molar-refractivity contribution >= 4 is 18.9 Å². The zero-order valence-corrected chi connectivity index (χ0v) is 9.61. The number of rotatable bonds is 2. The summed E-state index contributed by atoms with van der Waals surface area (Å²) in [4.78, 5) is 10.5. The van der Waals surface area contributed by atoms with Gasteiger partial charge in [-0.3, -0.25) is 4.79 Å². The number of carbonyl (C=O) groups excluding carboxylic acids is 1. The molecule has 0 aliphatic heterocycles. The molecule has 0 aromatic heterocycles. The minimum atomic E-state index is -4.54. The molecule has 0 aliphatic rings. The molecule has 1 aromatic carbocycles. The van der Waals surface area contributed by atoms with Gasteiger partial charge in [0.1, 0.15) is 0 Å². The summed E-state index contributed by atoms with van der Waals surface area (Å²) in [6, 6.07) is 3.40. The second kappa shape index (κ2) is 5.78. The van der Waals surface area contributed by atoms with Gasteiger partial charge in [0.15, 0.2) is 6.29 Å². The molecule has 0 amide bonds. The quantitative estimate of drug-likeness (QED) is 0.490. The van der Waals surface area contributed by atoms with Crippen LogP contribution in [-0.2, 0) is 6.18 Å². The van der Waals surface area contributed by atoms with Gasteiger partial charge < -0.3 is 0 Å². The standard InChI is InChI=1S/C12H9F3OS/c13-12(14,15)11-7-9(3-1-2-6-17)4-5-10(11)8-16/h4-5,7-8,17H,2,6H2.